The Bertz CT molecular complexity index is 1550. The number of rotatable bonds is 15. The van der Waals surface area contributed by atoms with Crippen molar-refractivity contribution in [1.29, 1.82) is 0 Å². The molecule has 1 aliphatic rings. The molecular formula is C38H50N4O4. The van der Waals surface area contributed by atoms with Crippen molar-refractivity contribution in [3.05, 3.63) is 111 Å². The standard InChI is InChI=1S/C38H50N4O4/c1-7-14-33(37(41-45)39-26-43)29(9-3)24-27(5)18-19-28(6)25-34-35(15-8-2)40-36(10-4)42(38(34)44)30-20-22-32(23-21-30)46-31-16-12-11-13-17-31/h7,9,14,18-23,26,31,45H,1,8,10-13,15-17,24-25H2,2-6H3,(H,39,41,43)/b27-18+,28-19+,29-9-,33-14+. The minimum atomic E-state index is -0.0291. The maximum atomic E-state index is 14.2. The van der Waals surface area contributed by atoms with Crippen molar-refractivity contribution in [3.63, 3.8) is 0 Å². The molecule has 0 aliphatic heterocycles. The van der Waals surface area contributed by atoms with Crippen LogP contribution in [0.25, 0.3) is 5.69 Å². The van der Waals surface area contributed by atoms with E-state index in [-0.39, 0.29) is 17.5 Å². The van der Waals surface area contributed by atoms with Crippen LogP contribution in [0, 0.1) is 0 Å². The number of carbonyl (C=O) groups excluding carboxylic acids is 1. The number of amides is 1. The molecule has 46 heavy (non-hydrogen) atoms. The number of aromatic nitrogens is 2. The fourth-order valence-corrected chi connectivity index (χ4v) is 5.83. The number of allylic oxidation sites excluding steroid dienone is 7. The fourth-order valence-electron chi connectivity index (χ4n) is 5.83. The molecule has 0 atom stereocenters. The van der Waals surface area contributed by atoms with E-state index in [0.717, 1.165) is 70.9 Å². The number of nitrogens with zero attached hydrogens (tertiary/aromatic N) is 3. The quantitative estimate of drug-likeness (QED) is 0.0523. The van der Waals surface area contributed by atoms with Gasteiger partial charge >= 0.3 is 0 Å². The fraction of sp³-hybridized carbons (Fsp3) is 0.421. The topological polar surface area (TPSA) is 106 Å². The van der Waals surface area contributed by atoms with Gasteiger partial charge in [-0.3, -0.25) is 14.2 Å². The number of carbonyl (C=O) groups is 1. The van der Waals surface area contributed by atoms with Gasteiger partial charge in [0.1, 0.15) is 11.6 Å². The molecule has 3 rings (SSSR count). The van der Waals surface area contributed by atoms with Crippen LogP contribution < -0.4 is 15.6 Å². The zero-order valence-corrected chi connectivity index (χ0v) is 28.1. The number of oxime groups is 1. The summed E-state index contributed by atoms with van der Waals surface area (Å²) in [6.45, 7) is 13.8. The van der Waals surface area contributed by atoms with Gasteiger partial charge in [0.2, 0.25) is 6.41 Å². The molecule has 1 saturated carbocycles. The lowest BCUT2D eigenvalue weighted by molar-refractivity contribution is -0.108. The van der Waals surface area contributed by atoms with E-state index in [0.29, 0.717) is 31.2 Å². The summed E-state index contributed by atoms with van der Waals surface area (Å²) in [7, 11) is 0. The minimum absolute atomic E-state index is 0.0291. The summed E-state index contributed by atoms with van der Waals surface area (Å²) in [5.74, 6) is 1.65. The highest BCUT2D eigenvalue weighted by molar-refractivity contribution is 6.06. The van der Waals surface area contributed by atoms with Crippen molar-refractivity contribution >= 4 is 12.2 Å². The highest BCUT2D eigenvalue weighted by atomic mass is 16.5. The Labute approximate surface area is 274 Å². The SMILES string of the molecule is C=C/C=C(C(=C/C)\C/C(C)=C/C=C(\C)Cc1c(CCC)nc(CC)n(-c2ccc(OC3CCCCC3)cc2)c1=O)/C(=N/O)NC=O. The molecule has 246 valence electrons. The lowest BCUT2D eigenvalue weighted by Crippen LogP contribution is -2.29. The van der Waals surface area contributed by atoms with Gasteiger partial charge in [0.05, 0.1) is 17.5 Å². The smallest absolute Gasteiger partial charge is 0.261 e. The molecular weight excluding hydrogens is 576 g/mol. The number of hydrogen-bond donors (Lipinski definition) is 2. The van der Waals surface area contributed by atoms with Crippen LogP contribution in [-0.2, 0) is 24.1 Å². The van der Waals surface area contributed by atoms with Crippen LogP contribution in [0.4, 0.5) is 0 Å². The molecule has 0 unspecified atom stereocenters. The van der Waals surface area contributed by atoms with Crippen molar-refractivity contribution in [1.82, 2.24) is 14.9 Å². The van der Waals surface area contributed by atoms with Crippen LogP contribution in [0.3, 0.4) is 0 Å². The number of amidine groups is 1. The Morgan fingerprint density at radius 1 is 1.11 bits per heavy atom. The van der Waals surface area contributed by atoms with Gasteiger partial charge in [0, 0.05) is 24.0 Å². The molecule has 0 saturated heterocycles. The number of nitrogens with one attached hydrogen (secondary N) is 1. The van der Waals surface area contributed by atoms with Crippen LogP contribution in [0.5, 0.6) is 5.75 Å². The molecule has 1 heterocycles. The van der Waals surface area contributed by atoms with Crippen LogP contribution >= 0.6 is 0 Å². The predicted octanol–water partition coefficient (Wildman–Crippen LogP) is 7.88. The van der Waals surface area contributed by atoms with E-state index in [4.69, 9.17) is 9.72 Å². The van der Waals surface area contributed by atoms with Gasteiger partial charge in [0.25, 0.3) is 5.56 Å². The van der Waals surface area contributed by atoms with Crippen LogP contribution in [0.15, 0.2) is 93.5 Å². The molecule has 0 bridgehead atoms. The molecule has 8 heteroatoms. The third kappa shape index (κ3) is 9.77. The van der Waals surface area contributed by atoms with Crippen molar-refractivity contribution in [2.75, 3.05) is 0 Å². The van der Waals surface area contributed by atoms with Gasteiger partial charge in [0.15, 0.2) is 5.84 Å². The van der Waals surface area contributed by atoms with Gasteiger partial charge in [-0.05, 0) is 89.1 Å². The van der Waals surface area contributed by atoms with E-state index in [1.165, 1.54) is 19.3 Å². The third-order valence-electron chi connectivity index (χ3n) is 8.19. The molecule has 8 nitrogen and oxygen atoms in total. The summed E-state index contributed by atoms with van der Waals surface area (Å²) >= 11 is 0. The summed E-state index contributed by atoms with van der Waals surface area (Å²) in [5.41, 5.74) is 5.86. The van der Waals surface area contributed by atoms with Gasteiger partial charge in [-0.25, -0.2) is 4.98 Å². The van der Waals surface area contributed by atoms with Crippen LogP contribution in [-0.4, -0.2) is 33.1 Å². The van der Waals surface area contributed by atoms with Crippen molar-refractivity contribution in [2.45, 2.75) is 105 Å². The van der Waals surface area contributed by atoms with Crippen LogP contribution in [0.2, 0.25) is 0 Å². The monoisotopic (exact) mass is 626 g/mol. The Morgan fingerprint density at radius 3 is 2.39 bits per heavy atom. The first-order valence-corrected chi connectivity index (χ1v) is 16.4. The minimum Gasteiger partial charge on any atom is -0.490 e. The summed E-state index contributed by atoms with van der Waals surface area (Å²) in [6, 6.07) is 7.86. The maximum Gasteiger partial charge on any atom is 0.261 e. The lowest BCUT2D eigenvalue weighted by atomic mass is 9.96. The molecule has 1 amide bonds. The average Bonchev–Trinajstić information content (AvgIpc) is 3.07. The van der Waals surface area contributed by atoms with Crippen molar-refractivity contribution in [2.24, 2.45) is 5.16 Å². The van der Waals surface area contributed by atoms with Gasteiger partial charge in [-0.2, -0.15) is 0 Å². The zero-order chi connectivity index (χ0) is 33.5. The Morgan fingerprint density at radius 2 is 1.80 bits per heavy atom. The van der Waals surface area contributed by atoms with Crippen molar-refractivity contribution < 1.29 is 14.7 Å². The summed E-state index contributed by atoms with van der Waals surface area (Å²) in [4.78, 5) is 30.2. The van der Waals surface area contributed by atoms with E-state index in [1.54, 1.807) is 16.7 Å². The molecule has 0 spiro atoms. The lowest BCUT2D eigenvalue weighted by Gasteiger charge is -2.23. The molecule has 2 N–H and O–H groups in total. The van der Waals surface area contributed by atoms with Gasteiger partial charge < -0.3 is 15.3 Å². The summed E-state index contributed by atoms with van der Waals surface area (Å²) < 4.78 is 7.99. The Hall–Kier alpha value is -4.46. The Kier molecular flexibility index (Phi) is 14.5. The zero-order valence-electron chi connectivity index (χ0n) is 28.1. The molecule has 0 radical (unpaired) electrons. The second-order valence-corrected chi connectivity index (χ2v) is 11.8. The van der Waals surface area contributed by atoms with Crippen molar-refractivity contribution in [3.8, 4) is 11.4 Å². The summed E-state index contributed by atoms with van der Waals surface area (Å²) in [5, 5.41) is 15.1. The van der Waals surface area contributed by atoms with E-state index in [1.807, 2.05) is 70.2 Å². The predicted molar refractivity (Wildman–Crippen MR) is 187 cm³/mol. The molecule has 1 aromatic carbocycles. The number of ether oxygens (including phenoxy) is 1. The normalized spacial score (nSPS) is 15.5. The highest BCUT2D eigenvalue weighted by Gasteiger charge is 2.19. The first kappa shape index (κ1) is 36.0. The van der Waals surface area contributed by atoms with E-state index < -0.39 is 0 Å². The number of aryl methyl sites for hydroxylation is 2. The van der Waals surface area contributed by atoms with Gasteiger partial charge in [-0.1, -0.05) is 80.0 Å². The number of hydrogen-bond acceptors (Lipinski definition) is 6. The van der Waals surface area contributed by atoms with Gasteiger partial charge in [-0.15, -0.1) is 0 Å². The maximum absolute atomic E-state index is 14.2. The highest BCUT2D eigenvalue weighted by Crippen LogP contribution is 2.25. The van der Waals surface area contributed by atoms with E-state index >= 15 is 0 Å². The second-order valence-electron chi connectivity index (χ2n) is 11.8. The molecule has 2 aromatic rings. The molecule has 1 aromatic heterocycles. The largest absolute Gasteiger partial charge is 0.490 e. The first-order chi connectivity index (χ1) is 22.3. The molecule has 1 aliphatic carbocycles. The number of benzene rings is 1. The summed E-state index contributed by atoms with van der Waals surface area (Å²) in [6.07, 6.45) is 19.2. The average molecular weight is 627 g/mol. The first-order valence-electron chi connectivity index (χ1n) is 16.4. The van der Waals surface area contributed by atoms with E-state index in [2.05, 4.69) is 24.0 Å². The Balaban J connectivity index is 1.90. The molecule has 1 fully saturated rings. The third-order valence-corrected chi connectivity index (χ3v) is 8.19. The second kappa shape index (κ2) is 18.5. The van der Waals surface area contributed by atoms with Crippen LogP contribution in [0.1, 0.15) is 96.6 Å². The van der Waals surface area contributed by atoms with E-state index in [9.17, 15) is 14.8 Å².